The molecule has 2 N–H and O–H groups in total. The maximum absolute atomic E-state index is 13.2. The van der Waals surface area contributed by atoms with Gasteiger partial charge >= 0.3 is 5.97 Å². The average molecular weight is 242 g/mol. The Morgan fingerprint density at radius 3 is 2.29 bits per heavy atom. The standard InChI is InChI=1S/C12H12F2O3/c13-9-4-7(6-15)8(5-10(9)14)12(11(16)17)2-1-3-12/h4-5,15H,1-3,6H2,(H,16,17). The first kappa shape index (κ1) is 12.0. The molecule has 1 aromatic rings. The number of aliphatic hydroxyl groups excluding tert-OH is 1. The molecule has 0 atom stereocenters. The van der Waals surface area contributed by atoms with Crippen molar-refractivity contribution in [2.75, 3.05) is 0 Å². The summed E-state index contributed by atoms with van der Waals surface area (Å²) in [5, 5.41) is 18.3. The molecule has 1 aliphatic carbocycles. The fourth-order valence-corrected chi connectivity index (χ4v) is 2.29. The maximum Gasteiger partial charge on any atom is 0.314 e. The fourth-order valence-electron chi connectivity index (χ4n) is 2.29. The smallest absolute Gasteiger partial charge is 0.314 e. The van der Waals surface area contributed by atoms with Crippen LogP contribution in [0.2, 0.25) is 0 Å². The molecule has 3 nitrogen and oxygen atoms in total. The summed E-state index contributed by atoms with van der Waals surface area (Å²) < 4.78 is 26.2. The molecule has 17 heavy (non-hydrogen) atoms. The monoisotopic (exact) mass is 242 g/mol. The number of carboxylic acid groups (broad SMARTS) is 1. The van der Waals surface area contributed by atoms with Gasteiger partial charge in [0.05, 0.1) is 12.0 Å². The topological polar surface area (TPSA) is 57.5 Å². The lowest BCUT2D eigenvalue weighted by Gasteiger charge is -2.39. The zero-order valence-corrected chi connectivity index (χ0v) is 9.04. The Morgan fingerprint density at radius 1 is 1.29 bits per heavy atom. The highest BCUT2D eigenvalue weighted by Crippen LogP contribution is 2.45. The number of aliphatic hydroxyl groups is 1. The zero-order valence-electron chi connectivity index (χ0n) is 9.04. The summed E-state index contributed by atoms with van der Waals surface area (Å²) >= 11 is 0. The second-order valence-electron chi connectivity index (χ2n) is 4.32. The van der Waals surface area contributed by atoms with Crippen molar-refractivity contribution < 1.29 is 23.8 Å². The van der Waals surface area contributed by atoms with E-state index in [0.29, 0.717) is 12.8 Å². The number of halogens is 2. The van der Waals surface area contributed by atoms with E-state index >= 15 is 0 Å². The van der Waals surface area contributed by atoms with E-state index in [1.807, 2.05) is 0 Å². The molecule has 1 saturated carbocycles. The first-order valence-electron chi connectivity index (χ1n) is 5.34. The number of aliphatic carboxylic acids is 1. The minimum atomic E-state index is -1.16. The van der Waals surface area contributed by atoms with Crippen molar-refractivity contribution in [2.45, 2.75) is 31.3 Å². The SMILES string of the molecule is O=C(O)C1(c2cc(F)c(F)cc2CO)CCC1. The van der Waals surface area contributed by atoms with E-state index in [-0.39, 0.29) is 11.1 Å². The van der Waals surface area contributed by atoms with Gasteiger partial charge in [-0.3, -0.25) is 4.79 Å². The van der Waals surface area contributed by atoms with Gasteiger partial charge in [0.15, 0.2) is 11.6 Å². The van der Waals surface area contributed by atoms with Crippen LogP contribution < -0.4 is 0 Å². The van der Waals surface area contributed by atoms with Crippen LogP contribution in [0.3, 0.4) is 0 Å². The lowest BCUT2D eigenvalue weighted by Crippen LogP contribution is -2.43. The van der Waals surface area contributed by atoms with Crippen molar-refractivity contribution in [1.29, 1.82) is 0 Å². The molecule has 5 heteroatoms. The summed E-state index contributed by atoms with van der Waals surface area (Å²) in [6.45, 7) is -0.498. The van der Waals surface area contributed by atoms with Crippen molar-refractivity contribution in [3.8, 4) is 0 Å². The maximum atomic E-state index is 13.2. The third-order valence-electron chi connectivity index (χ3n) is 3.45. The number of carbonyl (C=O) groups is 1. The quantitative estimate of drug-likeness (QED) is 0.851. The van der Waals surface area contributed by atoms with E-state index in [9.17, 15) is 18.7 Å². The van der Waals surface area contributed by atoms with Gasteiger partial charge in [-0.1, -0.05) is 6.42 Å². The summed E-state index contributed by atoms with van der Waals surface area (Å²) in [5.74, 6) is -3.20. The van der Waals surface area contributed by atoms with Crippen LogP contribution in [0.5, 0.6) is 0 Å². The molecular weight excluding hydrogens is 230 g/mol. The summed E-state index contributed by atoms with van der Waals surface area (Å²) in [6, 6.07) is 1.77. The van der Waals surface area contributed by atoms with Gasteiger partial charge in [0.2, 0.25) is 0 Å². The molecule has 1 aromatic carbocycles. The molecule has 0 unspecified atom stereocenters. The molecule has 0 saturated heterocycles. The van der Waals surface area contributed by atoms with Crippen LogP contribution in [0.1, 0.15) is 30.4 Å². The summed E-state index contributed by atoms with van der Waals surface area (Å²) in [6.07, 6.45) is 1.51. The van der Waals surface area contributed by atoms with E-state index in [4.69, 9.17) is 5.11 Å². The molecule has 0 bridgehead atoms. The van der Waals surface area contributed by atoms with E-state index in [0.717, 1.165) is 18.6 Å². The minimum absolute atomic E-state index is 0.144. The molecule has 0 amide bonds. The molecular formula is C12H12F2O3. The number of hydrogen-bond donors (Lipinski definition) is 2. The molecule has 1 aliphatic rings. The Balaban J connectivity index is 2.57. The molecule has 0 aliphatic heterocycles. The molecule has 2 rings (SSSR count). The average Bonchev–Trinajstić information content (AvgIpc) is 2.20. The lowest BCUT2D eigenvalue weighted by atomic mass is 9.63. The molecule has 0 aromatic heterocycles. The van der Waals surface area contributed by atoms with Crippen molar-refractivity contribution >= 4 is 5.97 Å². The van der Waals surface area contributed by atoms with Crippen molar-refractivity contribution in [3.63, 3.8) is 0 Å². The van der Waals surface area contributed by atoms with Crippen molar-refractivity contribution in [1.82, 2.24) is 0 Å². The second kappa shape index (κ2) is 4.07. The highest BCUT2D eigenvalue weighted by atomic mass is 19.2. The van der Waals surface area contributed by atoms with Gasteiger partial charge < -0.3 is 10.2 Å². The molecule has 0 spiro atoms. The van der Waals surface area contributed by atoms with E-state index in [1.54, 1.807) is 0 Å². The number of benzene rings is 1. The van der Waals surface area contributed by atoms with Gasteiger partial charge in [0, 0.05) is 0 Å². The van der Waals surface area contributed by atoms with Crippen molar-refractivity contribution in [2.24, 2.45) is 0 Å². The van der Waals surface area contributed by atoms with E-state index in [2.05, 4.69) is 0 Å². The van der Waals surface area contributed by atoms with Crippen LogP contribution in [0.25, 0.3) is 0 Å². The van der Waals surface area contributed by atoms with E-state index < -0.39 is 29.6 Å². The summed E-state index contributed by atoms with van der Waals surface area (Å²) in [7, 11) is 0. The Labute approximate surface area is 96.7 Å². The molecule has 92 valence electrons. The molecule has 1 fully saturated rings. The van der Waals surface area contributed by atoms with Gasteiger partial charge in [0.1, 0.15) is 0 Å². The normalized spacial score (nSPS) is 17.6. The second-order valence-corrected chi connectivity index (χ2v) is 4.32. The highest BCUT2D eigenvalue weighted by Gasteiger charge is 2.47. The zero-order chi connectivity index (χ0) is 12.6. The highest BCUT2D eigenvalue weighted by molar-refractivity contribution is 5.83. The number of hydrogen-bond acceptors (Lipinski definition) is 2. The van der Waals surface area contributed by atoms with E-state index in [1.165, 1.54) is 0 Å². The third kappa shape index (κ3) is 1.70. The van der Waals surface area contributed by atoms with Crippen LogP contribution >= 0.6 is 0 Å². The van der Waals surface area contributed by atoms with Gasteiger partial charge in [-0.2, -0.15) is 0 Å². The van der Waals surface area contributed by atoms with Crippen LogP contribution in [0, 0.1) is 11.6 Å². The predicted molar refractivity (Wildman–Crippen MR) is 55.4 cm³/mol. The Morgan fingerprint density at radius 2 is 1.88 bits per heavy atom. The summed E-state index contributed by atoms with van der Waals surface area (Å²) in [5.41, 5.74) is -0.823. The molecule has 0 heterocycles. The van der Waals surface area contributed by atoms with Crippen LogP contribution in [-0.4, -0.2) is 16.2 Å². The number of rotatable bonds is 3. The first-order valence-corrected chi connectivity index (χ1v) is 5.34. The Kier molecular flexibility index (Phi) is 2.87. The van der Waals surface area contributed by atoms with Crippen LogP contribution in [0.15, 0.2) is 12.1 Å². The van der Waals surface area contributed by atoms with Crippen LogP contribution in [0.4, 0.5) is 8.78 Å². The Bertz CT molecular complexity index is 467. The number of carboxylic acids is 1. The van der Waals surface area contributed by atoms with Gasteiger partial charge in [0.25, 0.3) is 0 Å². The van der Waals surface area contributed by atoms with Gasteiger partial charge in [-0.05, 0) is 36.1 Å². The minimum Gasteiger partial charge on any atom is -0.481 e. The van der Waals surface area contributed by atoms with Crippen LogP contribution in [-0.2, 0) is 16.8 Å². The largest absolute Gasteiger partial charge is 0.481 e. The molecule has 0 radical (unpaired) electrons. The summed E-state index contributed by atoms with van der Waals surface area (Å²) in [4.78, 5) is 11.3. The lowest BCUT2D eigenvalue weighted by molar-refractivity contribution is -0.147. The van der Waals surface area contributed by atoms with Gasteiger partial charge in [-0.25, -0.2) is 8.78 Å². The van der Waals surface area contributed by atoms with Crippen molar-refractivity contribution in [3.05, 3.63) is 34.9 Å². The Hall–Kier alpha value is -1.49. The first-order chi connectivity index (χ1) is 8.01. The third-order valence-corrected chi connectivity index (χ3v) is 3.45. The fraction of sp³-hybridized carbons (Fsp3) is 0.417. The van der Waals surface area contributed by atoms with Gasteiger partial charge in [-0.15, -0.1) is 0 Å². The predicted octanol–water partition coefficient (Wildman–Crippen LogP) is 1.96.